The Balaban J connectivity index is 1.92. The molecule has 2 saturated carbocycles. The van der Waals surface area contributed by atoms with Crippen molar-refractivity contribution in [1.29, 1.82) is 0 Å². The van der Waals surface area contributed by atoms with Crippen molar-refractivity contribution in [3.8, 4) is 0 Å². The van der Waals surface area contributed by atoms with E-state index in [1.807, 2.05) is 7.05 Å². The first-order chi connectivity index (χ1) is 7.20. The standard InChI is InChI=1S/C13H23NO/c1-10-6-3-4-9-12(10)14(2)13(15)11-7-5-8-11/h10-12H,3-9H2,1-2H3. The van der Waals surface area contributed by atoms with Crippen LogP contribution in [0.25, 0.3) is 0 Å². The molecule has 2 atom stereocenters. The maximum atomic E-state index is 12.1. The maximum Gasteiger partial charge on any atom is 0.225 e. The second kappa shape index (κ2) is 4.54. The summed E-state index contributed by atoms with van der Waals surface area (Å²) >= 11 is 0. The van der Waals surface area contributed by atoms with Crippen molar-refractivity contribution >= 4 is 5.91 Å². The van der Waals surface area contributed by atoms with Gasteiger partial charge in [0.2, 0.25) is 5.91 Å². The van der Waals surface area contributed by atoms with Gasteiger partial charge in [-0.25, -0.2) is 0 Å². The third-order valence-corrected chi connectivity index (χ3v) is 4.37. The average molecular weight is 209 g/mol. The highest BCUT2D eigenvalue weighted by atomic mass is 16.2. The van der Waals surface area contributed by atoms with E-state index in [0.717, 1.165) is 12.8 Å². The van der Waals surface area contributed by atoms with E-state index in [2.05, 4.69) is 11.8 Å². The van der Waals surface area contributed by atoms with Crippen LogP contribution in [0, 0.1) is 11.8 Å². The van der Waals surface area contributed by atoms with Gasteiger partial charge in [-0.1, -0.05) is 26.2 Å². The van der Waals surface area contributed by atoms with Crippen molar-refractivity contribution in [2.45, 2.75) is 57.9 Å². The van der Waals surface area contributed by atoms with Gasteiger partial charge < -0.3 is 4.90 Å². The normalized spacial score (nSPS) is 32.1. The van der Waals surface area contributed by atoms with Crippen LogP contribution in [0.4, 0.5) is 0 Å². The van der Waals surface area contributed by atoms with E-state index in [1.165, 1.54) is 32.1 Å². The molecular weight excluding hydrogens is 186 g/mol. The molecule has 2 nitrogen and oxygen atoms in total. The second-order valence-corrected chi connectivity index (χ2v) is 5.41. The summed E-state index contributed by atoms with van der Waals surface area (Å²) < 4.78 is 0. The molecular formula is C13H23NO. The summed E-state index contributed by atoms with van der Waals surface area (Å²) in [5.74, 6) is 1.48. The highest BCUT2D eigenvalue weighted by Crippen LogP contribution is 2.32. The second-order valence-electron chi connectivity index (χ2n) is 5.41. The van der Waals surface area contributed by atoms with Gasteiger partial charge >= 0.3 is 0 Å². The van der Waals surface area contributed by atoms with Crippen molar-refractivity contribution in [3.63, 3.8) is 0 Å². The molecule has 0 radical (unpaired) electrons. The summed E-state index contributed by atoms with van der Waals surface area (Å²) in [7, 11) is 2.02. The van der Waals surface area contributed by atoms with Gasteiger partial charge in [-0.2, -0.15) is 0 Å². The van der Waals surface area contributed by atoms with Gasteiger partial charge in [0.05, 0.1) is 0 Å². The number of nitrogens with zero attached hydrogens (tertiary/aromatic N) is 1. The number of amides is 1. The van der Waals surface area contributed by atoms with Gasteiger partial charge in [0.1, 0.15) is 0 Å². The van der Waals surface area contributed by atoms with Crippen molar-refractivity contribution in [2.24, 2.45) is 11.8 Å². The number of hydrogen-bond acceptors (Lipinski definition) is 1. The van der Waals surface area contributed by atoms with Crippen molar-refractivity contribution in [1.82, 2.24) is 4.90 Å². The predicted octanol–water partition coefficient (Wildman–Crippen LogP) is 2.82. The zero-order valence-corrected chi connectivity index (χ0v) is 10.0. The molecule has 2 aliphatic carbocycles. The minimum absolute atomic E-state index is 0.365. The van der Waals surface area contributed by atoms with Crippen molar-refractivity contribution in [3.05, 3.63) is 0 Å². The fourth-order valence-electron chi connectivity index (χ4n) is 2.98. The molecule has 2 heteroatoms. The van der Waals surface area contributed by atoms with E-state index < -0.39 is 0 Å². The molecule has 0 bridgehead atoms. The van der Waals surface area contributed by atoms with Crippen LogP contribution < -0.4 is 0 Å². The highest BCUT2D eigenvalue weighted by molar-refractivity contribution is 5.79. The van der Waals surface area contributed by atoms with Crippen LogP contribution in [-0.4, -0.2) is 23.9 Å². The van der Waals surface area contributed by atoms with Crippen LogP contribution in [0.1, 0.15) is 51.9 Å². The van der Waals surface area contributed by atoms with E-state index >= 15 is 0 Å². The molecule has 1 amide bonds. The molecule has 0 heterocycles. The Morgan fingerprint density at radius 1 is 1.07 bits per heavy atom. The Morgan fingerprint density at radius 2 is 1.73 bits per heavy atom. The van der Waals surface area contributed by atoms with Crippen LogP contribution in [0.2, 0.25) is 0 Å². The molecule has 86 valence electrons. The van der Waals surface area contributed by atoms with Crippen molar-refractivity contribution < 1.29 is 4.79 Å². The third-order valence-electron chi connectivity index (χ3n) is 4.37. The number of rotatable bonds is 2. The topological polar surface area (TPSA) is 20.3 Å². The summed E-state index contributed by atoms with van der Waals surface area (Å²) in [6, 6.07) is 0.520. The van der Waals surface area contributed by atoms with Crippen LogP contribution >= 0.6 is 0 Å². The average Bonchev–Trinajstić information content (AvgIpc) is 2.15. The summed E-state index contributed by atoms with van der Waals surface area (Å²) in [4.78, 5) is 14.2. The van der Waals surface area contributed by atoms with E-state index in [0.29, 0.717) is 23.8 Å². The molecule has 15 heavy (non-hydrogen) atoms. The maximum absolute atomic E-state index is 12.1. The molecule has 0 spiro atoms. The van der Waals surface area contributed by atoms with E-state index in [4.69, 9.17) is 0 Å². The molecule has 0 aromatic carbocycles. The van der Waals surface area contributed by atoms with Crippen LogP contribution in [0.3, 0.4) is 0 Å². The van der Waals surface area contributed by atoms with Crippen LogP contribution in [0.15, 0.2) is 0 Å². The molecule has 0 aromatic rings. The SMILES string of the molecule is CC1CCCCC1N(C)C(=O)C1CCC1. The van der Waals surface area contributed by atoms with Gasteiger partial charge in [-0.3, -0.25) is 4.79 Å². The van der Waals surface area contributed by atoms with E-state index in [1.54, 1.807) is 0 Å². The zero-order chi connectivity index (χ0) is 10.8. The minimum atomic E-state index is 0.365. The fraction of sp³-hybridized carbons (Fsp3) is 0.923. The summed E-state index contributed by atoms with van der Waals surface area (Å²) in [5, 5.41) is 0. The minimum Gasteiger partial charge on any atom is -0.342 e. The zero-order valence-electron chi connectivity index (χ0n) is 10.0. The smallest absolute Gasteiger partial charge is 0.225 e. The number of carbonyl (C=O) groups excluding carboxylic acids is 1. The summed E-state index contributed by atoms with van der Waals surface area (Å²) in [6.07, 6.45) is 8.68. The molecule has 2 unspecified atom stereocenters. The molecule has 0 aromatic heterocycles. The largest absolute Gasteiger partial charge is 0.342 e. The van der Waals surface area contributed by atoms with Gasteiger partial charge in [-0.15, -0.1) is 0 Å². The molecule has 2 fully saturated rings. The highest BCUT2D eigenvalue weighted by Gasteiger charge is 2.33. The third kappa shape index (κ3) is 2.19. The Kier molecular flexibility index (Phi) is 3.32. The molecule has 0 saturated heterocycles. The van der Waals surface area contributed by atoms with Gasteiger partial charge in [0.15, 0.2) is 0 Å². The first kappa shape index (κ1) is 11.0. The van der Waals surface area contributed by atoms with Gasteiger partial charge in [-0.05, 0) is 31.6 Å². The first-order valence-corrected chi connectivity index (χ1v) is 6.47. The fourth-order valence-corrected chi connectivity index (χ4v) is 2.98. The first-order valence-electron chi connectivity index (χ1n) is 6.47. The molecule has 2 aliphatic rings. The predicted molar refractivity (Wildman–Crippen MR) is 61.5 cm³/mol. The van der Waals surface area contributed by atoms with Crippen LogP contribution in [-0.2, 0) is 4.79 Å². The Morgan fingerprint density at radius 3 is 2.27 bits per heavy atom. The molecule has 0 aliphatic heterocycles. The summed E-state index contributed by atoms with van der Waals surface area (Å²) in [6.45, 7) is 2.30. The van der Waals surface area contributed by atoms with Crippen molar-refractivity contribution in [2.75, 3.05) is 7.05 Å². The van der Waals surface area contributed by atoms with E-state index in [9.17, 15) is 4.79 Å². The number of hydrogen-bond donors (Lipinski definition) is 0. The van der Waals surface area contributed by atoms with E-state index in [-0.39, 0.29) is 0 Å². The van der Waals surface area contributed by atoms with Crippen LogP contribution in [0.5, 0.6) is 0 Å². The molecule has 2 rings (SSSR count). The lowest BCUT2D eigenvalue weighted by Gasteiger charge is -2.39. The molecule has 0 N–H and O–H groups in total. The lowest BCUT2D eigenvalue weighted by molar-refractivity contribution is -0.140. The quantitative estimate of drug-likeness (QED) is 0.685. The Hall–Kier alpha value is -0.530. The monoisotopic (exact) mass is 209 g/mol. The summed E-state index contributed by atoms with van der Waals surface area (Å²) in [5.41, 5.74) is 0. The Bertz CT molecular complexity index is 235. The van der Waals surface area contributed by atoms with Gasteiger partial charge in [0.25, 0.3) is 0 Å². The lowest BCUT2D eigenvalue weighted by atomic mass is 9.81. The number of carbonyl (C=O) groups is 1. The lowest BCUT2D eigenvalue weighted by Crippen LogP contribution is -2.46. The van der Waals surface area contributed by atoms with Gasteiger partial charge in [0, 0.05) is 19.0 Å². The Labute approximate surface area is 93.0 Å².